The highest BCUT2D eigenvalue weighted by molar-refractivity contribution is 5.98. The summed E-state index contributed by atoms with van der Waals surface area (Å²) in [5, 5.41) is 5.70. The second kappa shape index (κ2) is 12.2. The minimum absolute atomic E-state index is 0.0757. The molecule has 0 saturated carbocycles. The predicted molar refractivity (Wildman–Crippen MR) is 130 cm³/mol. The van der Waals surface area contributed by atoms with Gasteiger partial charge in [-0.15, -0.1) is 0 Å². The molecule has 0 bridgehead atoms. The number of hydrogen-bond acceptors (Lipinski definition) is 8. The Balaban J connectivity index is 1.35. The van der Waals surface area contributed by atoms with Gasteiger partial charge in [-0.1, -0.05) is 18.7 Å². The molecule has 1 aliphatic carbocycles. The van der Waals surface area contributed by atoms with Crippen LogP contribution in [-0.2, 0) is 14.3 Å². The van der Waals surface area contributed by atoms with E-state index in [1.807, 2.05) is 18.2 Å². The number of carbonyl (C=O) groups excluding carboxylic acids is 1. The standard InChI is InChI=1S/C25H28FN5O4/c1-2-23(32)28-18-5-4-8-21(16-18)35-24-22(26)17-27-25(30-24)29-19-6-3-7-20(15-19)34-14-11-31-9-12-33-13-10-31/h2-6,8,15-17,20H,1,7,9-14H2,(H,28,32)(H,27,29,30). The number of aromatic nitrogens is 2. The van der Waals surface area contributed by atoms with Crippen molar-refractivity contribution in [3.8, 4) is 11.6 Å². The number of ether oxygens (including phenoxy) is 3. The highest BCUT2D eigenvalue weighted by Gasteiger charge is 2.15. The molecule has 2 aliphatic rings. The van der Waals surface area contributed by atoms with Crippen LogP contribution in [0.5, 0.6) is 11.6 Å². The molecule has 0 radical (unpaired) electrons. The number of carbonyl (C=O) groups is 1. The van der Waals surface area contributed by atoms with Gasteiger partial charge in [0.1, 0.15) is 5.75 Å². The summed E-state index contributed by atoms with van der Waals surface area (Å²) in [6, 6.07) is 6.53. The second-order valence-corrected chi connectivity index (χ2v) is 7.92. The van der Waals surface area contributed by atoms with Crippen molar-refractivity contribution >= 4 is 17.5 Å². The van der Waals surface area contributed by atoms with E-state index in [0.29, 0.717) is 18.0 Å². The Morgan fingerprint density at radius 2 is 2.20 bits per heavy atom. The molecule has 1 saturated heterocycles. The lowest BCUT2D eigenvalue weighted by molar-refractivity contribution is -0.111. The van der Waals surface area contributed by atoms with Gasteiger partial charge in [0.2, 0.25) is 17.7 Å². The number of hydrogen-bond donors (Lipinski definition) is 2. The lowest BCUT2D eigenvalue weighted by Crippen LogP contribution is -2.38. The predicted octanol–water partition coefficient (Wildman–Crippen LogP) is 3.51. The van der Waals surface area contributed by atoms with Crippen LogP contribution in [0, 0.1) is 5.82 Å². The molecule has 2 heterocycles. The summed E-state index contributed by atoms with van der Waals surface area (Å²) in [5.41, 5.74) is 1.23. The maximum atomic E-state index is 14.3. The van der Waals surface area contributed by atoms with Crippen LogP contribution in [-0.4, -0.2) is 66.3 Å². The Labute approximate surface area is 203 Å². The average Bonchev–Trinajstić information content (AvgIpc) is 2.87. The Kier molecular flexibility index (Phi) is 8.55. The lowest BCUT2D eigenvalue weighted by atomic mass is 10.1. The van der Waals surface area contributed by atoms with E-state index in [2.05, 4.69) is 32.1 Å². The molecule has 1 aromatic carbocycles. The van der Waals surface area contributed by atoms with Gasteiger partial charge in [-0.25, -0.2) is 4.98 Å². The highest BCUT2D eigenvalue weighted by atomic mass is 19.1. The molecular formula is C25H28FN5O4. The van der Waals surface area contributed by atoms with Crippen LogP contribution >= 0.6 is 0 Å². The van der Waals surface area contributed by atoms with Gasteiger partial charge < -0.3 is 24.8 Å². The first kappa shape index (κ1) is 24.5. The minimum atomic E-state index is -0.714. The third kappa shape index (κ3) is 7.44. The van der Waals surface area contributed by atoms with Gasteiger partial charge in [0.25, 0.3) is 5.88 Å². The first-order chi connectivity index (χ1) is 17.1. The Bertz CT molecular complexity index is 1100. The van der Waals surface area contributed by atoms with Gasteiger partial charge >= 0.3 is 0 Å². The Hall–Kier alpha value is -3.60. The zero-order chi connectivity index (χ0) is 24.5. The quantitative estimate of drug-likeness (QED) is 0.498. The number of morpholine rings is 1. The van der Waals surface area contributed by atoms with Crippen molar-refractivity contribution in [2.45, 2.75) is 12.5 Å². The molecule has 2 N–H and O–H groups in total. The molecule has 1 fully saturated rings. The second-order valence-electron chi connectivity index (χ2n) is 7.92. The van der Waals surface area contributed by atoms with Crippen molar-refractivity contribution in [2.75, 3.05) is 50.1 Å². The zero-order valence-corrected chi connectivity index (χ0v) is 19.3. The molecular weight excluding hydrogens is 453 g/mol. The fourth-order valence-electron chi connectivity index (χ4n) is 3.57. The summed E-state index contributed by atoms with van der Waals surface area (Å²) in [4.78, 5) is 22.0. The molecule has 1 aliphatic heterocycles. The van der Waals surface area contributed by atoms with E-state index in [0.717, 1.165) is 57.2 Å². The fourth-order valence-corrected chi connectivity index (χ4v) is 3.57. The number of anilines is 2. The molecule has 9 nitrogen and oxygen atoms in total. The minimum Gasteiger partial charge on any atom is -0.436 e. The van der Waals surface area contributed by atoms with Crippen molar-refractivity contribution in [1.82, 2.24) is 14.9 Å². The Morgan fingerprint density at radius 3 is 3.03 bits per heavy atom. The van der Waals surface area contributed by atoms with E-state index in [9.17, 15) is 9.18 Å². The van der Waals surface area contributed by atoms with Crippen LogP contribution in [0.3, 0.4) is 0 Å². The van der Waals surface area contributed by atoms with Gasteiger partial charge in [-0.2, -0.15) is 9.37 Å². The van der Waals surface area contributed by atoms with Crippen LogP contribution < -0.4 is 15.4 Å². The van der Waals surface area contributed by atoms with E-state index in [1.165, 1.54) is 0 Å². The van der Waals surface area contributed by atoms with Crippen LogP contribution in [0.15, 0.2) is 67.0 Å². The summed E-state index contributed by atoms with van der Waals surface area (Å²) in [5.74, 6) is -0.829. The van der Waals surface area contributed by atoms with Gasteiger partial charge in [-0.05, 0) is 36.8 Å². The molecule has 10 heteroatoms. The van der Waals surface area contributed by atoms with Crippen molar-refractivity contribution < 1.29 is 23.4 Å². The molecule has 1 unspecified atom stereocenters. The largest absolute Gasteiger partial charge is 0.436 e. The van der Waals surface area contributed by atoms with Crippen molar-refractivity contribution in [2.24, 2.45) is 0 Å². The van der Waals surface area contributed by atoms with E-state index in [1.54, 1.807) is 24.3 Å². The fraction of sp³-hybridized carbons (Fsp3) is 0.320. The normalized spacial score (nSPS) is 18.0. The monoisotopic (exact) mass is 481 g/mol. The van der Waals surface area contributed by atoms with Gasteiger partial charge in [0.05, 0.1) is 32.1 Å². The molecule has 184 valence electrons. The maximum Gasteiger partial charge on any atom is 0.260 e. The van der Waals surface area contributed by atoms with Crippen LogP contribution in [0.2, 0.25) is 0 Å². The molecule has 1 atom stereocenters. The number of benzene rings is 1. The number of allylic oxidation sites excluding steroid dienone is 1. The number of nitrogens with zero attached hydrogens (tertiary/aromatic N) is 3. The van der Waals surface area contributed by atoms with E-state index < -0.39 is 5.82 Å². The SMILES string of the molecule is C=CC(=O)Nc1cccc(Oc2nc(NC3=CC(OCCN4CCOCC4)CC=C3)ncc2F)c1. The molecule has 4 rings (SSSR count). The van der Waals surface area contributed by atoms with Gasteiger partial charge in [0.15, 0.2) is 0 Å². The third-order valence-corrected chi connectivity index (χ3v) is 5.34. The topological polar surface area (TPSA) is 97.8 Å². The molecule has 1 aromatic heterocycles. The highest BCUT2D eigenvalue weighted by Crippen LogP contribution is 2.26. The van der Waals surface area contributed by atoms with E-state index >= 15 is 0 Å². The lowest BCUT2D eigenvalue weighted by Gasteiger charge is -2.27. The average molecular weight is 482 g/mol. The number of halogens is 1. The first-order valence-electron chi connectivity index (χ1n) is 11.4. The summed E-state index contributed by atoms with van der Waals surface area (Å²) >= 11 is 0. The number of rotatable bonds is 10. The van der Waals surface area contributed by atoms with Crippen molar-refractivity contribution in [3.05, 3.63) is 72.9 Å². The first-order valence-corrected chi connectivity index (χ1v) is 11.4. The summed E-state index contributed by atoms with van der Waals surface area (Å²) in [6.07, 6.45) is 8.76. The zero-order valence-electron chi connectivity index (χ0n) is 19.3. The summed E-state index contributed by atoms with van der Waals surface area (Å²) in [7, 11) is 0. The van der Waals surface area contributed by atoms with Crippen LogP contribution in [0.25, 0.3) is 0 Å². The van der Waals surface area contributed by atoms with Crippen LogP contribution in [0.1, 0.15) is 6.42 Å². The smallest absolute Gasteiger partial charge is 0.260 e. The van der Waals surface area contributed by atoms with Gasteiger partial charge in [0, 0.05) is 37.1 Å². The number of amides is 1. The van der Waals surface area contributed by atoms with Crippen LogP contribution in [0.4, 0.5) is 16.0 Å². The summed E-state index contributed by atoms with van der Waals surface area (Å²) < 4.78 is 31.3. The number of nitrogens with one attached hydrogen (secondary N) is 2. The van der Waals surface area contributed by atoms with E-state index in [4.69, 9.17) is 14.2 Å². The molecule has 1 amide bonds. The molecule has 35 heavy (non-hydrogen) atoms. The molecule has 0 spiro atoms. The van der Waals surface area contributed by atoms with Gasteiger partial charge in [-0.3, -0.25) is 9.69 Å². The Morgan fingerprint density at radius 1 is 1.34 bits per heavy atom. The summed E-state index contributed by atoms with van der Waals surface area (Å²) in [6.45, 7) is 8.28. The van der Waals surface area contributed by atoms with E-state index in [-0.39, 0.29) is 23.8 Å². The molecule has 2 aromatic rings. The third-order valence-electron chi connectivity index (χ3n) is 5.34. The van der Waals surface area contributed by atoms with Crippen molar-refractivity contribution in [3.63, 3.8) is 0 Å². The maximum absolute atomic E-state index is 14.3. The van der Waals surface area contributed by atoms with Crippen molar-refractivity contribution in [1.29, 1.82) is 0 Å².